The molecule has 2 amide bonds. The predicted molar refractivity (Wildman–Crippen MR) is 121 cm³/mol. The molecule has 158 valence electrons. The van der Waals surface area contributed by atoms with E-state index in [1.54, 1.807) is 25.3 Å². The van der Waals surface area contributed by atoms with Crippen molar-refractivity contribution in [3.8, 4) is 5.75 Å². The number of nitrogens with one attached hydrogen (secondary N) is 2. The molecule has 2 N–H and O–H groups in total. The third-order valence-electron chi connectivity index (χ3n) is 4.93. The first-order valence-electron chi connectivity index (χ1n) is 9.76. The summed E-state index contributed by atoms with van der Waals surface area (Å²) in [5.74, 6) is 0.519. The van der Waals surface area contributed by atoms with E-state index in [1.165, 1.54) is 0 Å². The van der Waals surface area contributed by atoms with Crippen LogP contribution in [0.3, 0.4) is 0 Å². The fourth-order valence-electron chi connectivity index (χ4n) is 3.18. The van der Waals surface area contributed by atoms with Crippen LogP contribution in [0.5, 0.6) is 5.75 Å². The van der Waals surface area contributed by atoms with Gasteiger partial charge in [-0.25, -0.2) is 0 Å². The van der Waals surface area contributed by atoms with E-state index in [0.29, 0.717) is 24.3 Å². The Morgan fingerprint density at radius 3 is 2.43 bits per heavy atom. The van der Waals surface area contributed by atoms with Crippen LogP contribution in [0.1, 0.15) is 15.9 Å². The molecular formula is C22H26N4O3S. The van der Waals surface area contributed by atoms with Crippen LogP contribution in [-0.4, -0.2) is 67.1 Å². The maximum Gasteiger partial charge on any atom is 0.254 e. The Morgan fingerprint density at radius 2 is 1.77 bits per heavy atom. The minimum absolute atomic E-state index is 0.00112. The van der Waals surface area contributed by atoms with Gasteiger partial charge in [-0.15, -0.1) is 0 Å². The van der Waals surface area contributed by atoms with Gasteiger partial charge in [0.2, 0.25) is 5.91 Å². The van der Waals surface area contributed by atoms with E-state index in [1.807, 2.05) is 35.2 Å². The Balaban J connectivity index is 1.54. The highest BCUT2D eigenvalue weighted by Gasteiger charge is 2.20. The van der Waals surface area contributed by atoms with Gasteiger partial charge in [-0.1, -0.05) is 18.2 Å². The van der Waals surface area contributed by atoms with Gasteiger partial charge in [0.05, 0.1) is 13.5 Å². The summed E-state index contributed by atoms with van der Waals surface area (Å²) in [7, 11) is 3.65. The van der Waals surface area contributed by atoms with E-state index < -0.39 is 0 Å². The van der Waals surface area contributed by atoms with Gasteiger partial charge in [0.15, 0.2) is 5.11 Å². The van der Waals surface area contributed by atoms with Gasteiger partial charge in [-0.2, -0.15) is 0 Å². The molecule has 0 saturated carbocycles. The lowest BCUT2D eigenvalue weighted by atomic mass is 10.1. The molecule has 30 heavy (non-hydrogen) atoms. The Labute approximate surface area is 182 Å². The molecule has 1 aliphatic heterocycles. The quantitative estimate of drug-likeness (QED) is 0.714. The summed E-state index contributed by atoms with van der Waals surface area (Å²) >= 11 is 5.25. The number of hydrogen-bond acceptors (Lipinski definition) is 5. The molecule has 3 rings (SSSR count). The molecule has 0 atom stereocenters. The summed E-state index contributed by atoms with van der Waals surface area (Å²) in [5.41, 5.74) is 2.11. The molecule has 0 aliphatic carbocycles. The Kier molecular flexibility index (Phi) is 7.37. The third-order valence-corrected chi connectivity index (χ3v) is 5.14. The first-order valence-corrected chi connectivity index (χ1v) is 10.2. The number of rotatable bonds is 5. The molecule has 1 fully saturated rings. The summed E-state index contributed by atoms with van der Waals surface area (Å²) in [4.78, 5) is 29.0. The average Bonchev–Trinajstić information content (AvgIpc) is 2.74. The SMILES string of the molecule is COc1ccc(CC(=O)NC(=S)Nc2cccc(C(=O)N3CCN(C)CC3)c2)cc1. The van der Waals surface area contributed by atoms with Gasteiger partial charge in [-0.3, -0.25) is 9.59 Å². The number of hydrogen-bond donors (Lipinski definition) is 2. The van der Waals surface area contributed by atoms with E-state index in [2.05, 4.69) is 22.6 Å². The van der Waals surface area contributed by atoms with Crippen molar-refractivity contribution in [2.75, 3.05) is 45.7 Å². The number of methoxy groups -OCH3 is 1. The second kappa shape index (κ2) is 10.2. The van der Waals surface area contributed by atoms with Crippen LogP contribution in [0.25, 0.3) is 0 Å². The van der Waals surface area contributed by atoms with Crippen molar-refractivity contribution in [3.05, 3.63) is 59.7 Å². The summed E-state index contributed by atoms with van der Waals surface area (Å²) in [6.45, 7) is 3.17. The predicted octanol–water partition coefficient (Wildman–Crippen LogP) is 2.14. The number of nitrogens with zero attached hydrogens (tertiary/aromatic N) is 2. The lowest BCUT2D eigenvalue weighted by molar-refractivity contribution is -0.119. The van der Waals surface area contributed by atoms with Gasteiger partial charge >= 0.3 is 0 Å². The van der Waals surface area contributed by atoms with Crippen LogP contribution in [0.2, 0.25) is 0 Å². The highest BCUT2D eigenvalue weighted by molar-refractivity contribution is 7.80. The number of piperazine rings is 1. The van der Waals surface area contributed by atoms with E-state index in [0.717, 1.165) is 24.4 Å². The fraction of sp³-hybridized carbons (Fsp3) is 0.318. The average molecular weight is 427 g/mol. The first-order chi connectivity index (χ1) is 14.4. The summed E-state index contributed by atoms with van der Waals surface area (Å²) in [6, 6.07) is 14.4. The molecule has 0 spiro atoms. The van der Waals surface area contributed by atoms with Crippen LogP contribution in [-0.2, 0) is 11.2 Å². The topological polar surface area (TPSA) is 73.9 Å². The molecule has 1 aliphatic rings. The Morgan fingerprint density at radius 1 is 1.07 bits per heavy atom. The number of likely N-dealkylation sites (N-methyl/N-ethyl adjacent to an activating group) is 1. The summed E-state index contributed by atoms with van der Waals surface area (Å²) in [5, 5.41) is 5.85. The first kappa shape index (κ1) is 21.7. The lowest BCUT2D eigenvalue weighted by Crippen LogP contribution is -2.47. The van der Waals surface area contributed by atoms with Crippen LogP contribution >= 0.6 is 12.2 Å². The third kappa shape index (κ3) is 6.01. The van der Waals surface area contributed by atoms with Crippen LogP contribution in [0.4, 0.5) is 5.69 Å². The molecule has 0 aromatic heterocycles. The van der Waals surface area contributed by atoms with Crippen molar-refractivity contribution in [3.63, 3.8) is 0 Å². The standard InChI is InChI=1S/C22H26N4O3S/c1-25-10-12-26(13-11-25)21(28)17-4-3-5-18(15-17)23-22(30)24-20(27)14-16-6-8-19(29-2)9-7-16/h3-9,15H,10-14H2,1-2H3,(H2,23,24,27,30). The number of benzene rings is 2. The van der Waals surface area contributed by atoms with Crippen LogP contribution in [0, 0.1) is 0 Å². The maximum absolute atomic E-state index is 12.7. The van der Waals surface area contributed by atoms with E-state index >= 15 is 0 Å². The molecule has 2 aromatic rings. The van der Waals surface area contributed by atoms with E-state index in [4.69, 9.17) is 17.0 Å². The molecule has 0 bridgehead atoms. The number of thiocarbonyl (C=S) groups is 1. The van der Waals surface area contributed by atoms with E-state index in [-0.39, 0.29) is 23.3 Å². The van der Waals surface area contributed by atoms with Gasteiger partial charge in [0.1, 0.15) is 5.75 Å². The molecule has 1 saturated heterocycles. The molecular weight excluding hydrogens is 400 g/mol. The Hall–Kier alpha value is -2.97. The lowest BCUT2D eigenvalue weighted by Gasteiger charge is -2.32. The van der Waals surface area contributed by atoms with Gasteiger partial charge < -0.3 is 25.2 Å². The molecule has 0 unspecified atom stereocenters. The number of carbonyl (C=O) groups excluding carboxylic acids is 2. The van der Waals surface area contributed by atoms with Gasteiger partial charge in [0.25, 0.3) is 5.91 Å². The highest BCUT2D eigenvalue weighted by Crippen LogP contribution is 2.15. The Bertz CT molecular complexity index is 909. The normalized spacial score (nSPS) is 14.1. The fourth-order valence-corrected chi connectivity index (χ4v) is 3.42. The van der Waals surface area contributed by atoms with Crippen LogP contribution < -0.4 is 15.4 Å². The largest absolute Gasteiger partial charge is 0.497 e. The summed E-state index contributed by atoms with van der Waals surface area (Å²) in [6.07, 6.45) is 0.202. The van der Waals surface area contributed by atoms with Crippen molar-refractivity contribution in [2.45, 2.75) is 6.42 Å². The van der Waals surface area contributed by atoms with E-state index in [9.17, 15) is 9.59 Å². The van der Waals surface area contributed by atoms with Crippen molar-refractivity contribution in [2.24, 2.45) is 0 Å². The molecule has 0 radical (unpaired) electrons. The molecule has 1 heterocycles. The number of ether oxygens (including phenoxy) is 1. The minimum Gasteiger partial charge on any atom is -0.497 e. The van der Waals surface area contributed by atoms with Crippen molar-refractivity contribution in [1.82, 2.24) is 15.1 Å². The highest BCUT2D eigenvalue weighted by atomic mass is 32.1. The molecule has 8 heteroatoms. The number of amides is 2. The second-order valence-corrected chi connectivity index (χ2v) is 7.61. The van der Waals surface area contributed by atoms with Gasteiger partial charge in [-0.05, 0) is 55.2 Å². The smallest absolute Gasteiger partial charge is 0.254 e. The molecule has 2 aromatic carbocycles. The zero-order chi connectivity index (χ0) is 21.5. The van der Waals surface area contributed by atoms with Crippen molar-refractivity contribution < 1.29 is 14.3 Å². The summed E-state index contributed by atoms with van der Waals surface area (Å²) < 4.78 is 5.11. The van der Waals surface area contributed by atoms with Crippen LogP contribution in [0.15, 0.2) is 48.5 Å². The van der Waals surface area contributed by atoms with Gasteiger partial charge in [0, 0.05) is 37.4 Å². The molecule has 7 nitrogen and oxygen atoms in total. The zero-order valence-electron chi connectivity index (χ0n) is 17.2. The van der Waals surface area contributed by atoms with Crippen molar-refractivity contribution in [1.29, 1.82) is 0 Å². The number of anilines is 1. The monoisotopic (exact) mass is 426 g/mol. The second-order valence-electron chi connectivity index (χ2n) is 7.20. The van der Waals surface area contributed by atoms with Crippen molar-refractivity contribution >= 4 is 34.8 Å². The zero-order valence-corrected chi connectivity index (χ0v) is 18.0. The number of carbonyl (C=O) groups is 2. The maximum atomic E-state index is 12.7. The minimum atomic E-state index is -0.220.